The standard InChI is InChI=1S/C13H12FN3O3/c14-13(5-4-10(18)16-12(13)20)17-6-8-7(11(17)19)2-1-3-9(8)15/h1-3H,4-6,15H2,(H,16,18,20). The predicted molar refractivity (Wildman–Crippen MR) is 67.0 cm³/mol. The fraction of sp³-hybridized carbons (Fsp3) is 0.308. The Morgan fingerprint density at radius 2 is 2.05 bits per heavy atom. The highest BCUT2D eigenvalue weighted by Crippen LogP contribution is 2.36. The third kappa shape index (κ3) is 1.59. The molecule has 2 heterocycles. The van der Waals surface area contributed by atoms with Crippen LogP contribution in [0, 0.1) is 0 Å². The number of alkyl halides is 1. The number of carbonyl (C=O) groups is 3. The number of hydrogen-bond acceptors (Lipinski definition) is 4. The van der Waals surface area contributed by atoms with Gasteiger partial charge < -0.3 is 5.73 Å². The van der Waals surface area contributed by atoms with Gasteiger partial charge in [-0.2, -0.15) is 0 Å². The number of carbonyl (C=O) groups excluding carboxylic acids is 3. The topological polar surface area (TPSA) is 92.5 Å². The van der Waals surface area contributed by atoms with Crippen molar-refractivity contribution in [2.45, 2.75) is 25.2 Å². The SMILES string of the molecule is Nc1cccc2c1CN(C1(F)CCC(=O)NC1=O)C2=O. The molecule has 2 aliphatic rings. The molecule has 0 aliphatic carbocycles. The lowest BCUT2D eigenvalue weighted by molar-refractivity contribution is -0.154. The molecule has 1 unspecified atom stereocenters. The maximum Gasteiger partial charge on any atom is 0.285 e. The molecule has 0 saturated carbocycles. The number of nitrogens with two attached hydrogens (primary N) is 1. The van der Waals surface area contributed by atoms with E-state index in [-0.39, 0.29) is 19.4 Å². The molecule has 104 valence electrons. The van der Waals surface area contributed by atoms with E-state index in [1.807, 2.05) is 5.32 Å². The van der Waals surface area contributed by atoms with Gasteiger partial charge in [-0.15, -0.1) is 0 Å². The number of fused-ring (bicyclic) bond motifs is 1. The molecule has 0 radical (unpaired) electrons. The number of anilines is 1. The van der Waals surface area contributed by atoms with Gasteiger partial charge in [0.25, 0.3) is 17.6 Å². The number of amides is 3. The Balaban J connectivity index is 1.98. The van der Waals surface area contributed by atoms with E-state index in [0.29, 0.717) is 16.8 Å². The lowest BCUT2D eigenvalue weighted by Crippen LogP contribution is -2.60. The summed E-state index contributed by atoms with van der Waals surface area (Å²) in [6.07, 6.45) is -0.477. The second kappa shape index (κ2) is 4.03. The van der Waals surface area contributed by atoms with Crippen LogP contribution < -0.4 is 11.1 Å². The van der Waals surface area contributed by atoms with Gasteiger partial charge in [-0.25, -0.2) is 4.39 Å². The minimum Gasteiger partial charge on any atom is -0.398 e. The van der Waals surface area contributed by atoms with Crippen LogP contribution in [0.1, 0.15) is 28.8 Å². The highest BCUT2D eigenvalue weighted by atomic mass is 19.1. The molecular weight excluding hydrogens is 265 g/mol. The number of benzene rings is 1. The van der Waals surface area contributed by atoms with Crippen molar-refractivity contribution < 1.29 is 18.8 Å². The van der Waals surface area contributed by atoms with Crippen LogP contribution in [0.5, 0.6) is 0 Å². The van der Waals surface area contributed by atoms with E-state index in [9.17, 15) is 18.8 Å². The average Bonchev–Trinajstić information content (AvgIpc) is 2.75. The normalized spacial score (nSPS) is 25.6. The summed E-state index contributed by atoms with van der Waals surface area (Å²) < 4.78 is 14.9. The summed E-state index contributed by atoms with van der Waals surface area (Å²) in [5.74, 6) is -4.71. The fourth-order valence-electron chi connectivity index (χ4n) is 2.58. The monoisotopic (exact) mass is 277 g/mol. The number of nitrogens with zero attached hydrogens (tertiary/aromatic N) is 1. The molecule has 3 rings (SSSR count). The van der Waals surface area contributed by atoms with E-state index in [4.69, 9.17) is 5.73 Å². The fourth-order valence-corrected chi connectivity index (χ4v) is 2.58. The first kappa shape index (κ1) is 12.6. The third-order valence-electron chi connectivity index (χ3n) is 3.72. The van der Waals surface area contributed by atoms with Gasteiger partial charge in [-0.3, -0.25) is 24.6 Å². The second-order valence-corrected chi connectivity index (χ2v) is 4.90. The van der Waals surface area contributed by atoms with Crippen LogP contribution in [-0.2, 0) is 16.1 Å². The summed E-state index contributed by atoms with van der Waals surface area (Å²) in [6, 6.07) is 4.76. The summed E-state index contributed by atoms with van der Waals surface area (Å²) in [5, 5.41) is 1.93. The molecular formula is C13H12FN3O3. The molecule has 0 aromatic heterocycles. The van der Waals surface area contributed by atoms with Gasteiger partial charge >= 0.3 is 0 Å². The molecule has 0 bridgehead atoms. The van der Waals surface area contributed by atoms with Crippen molar-refractivity contribution >= 4 is 23.4 Å². The van der Waals surface area contributed by atoms with Crippen LogP contribution in [0.4, 0.5) is 10.1 Å². The molecule has 1 fully saturated rings. The molecule has 1 aromatic rings. The summed E-state index contributed by atoms with van der Waals surface area (Å²) >= 11 is 0. The predicted octanol–water partition coefficient (Wildman–Crippen LogP) is 0.327. The van der Waals surface area contributed by atoms with Gasteiger partial charge in [-0.05, 0) is 12.1 Å². The van der Waals surface area contributed by atoms with E-state index in [0.717, 1.165) is 4.90 Å². The number of nitrogens with one attached hydrogen (secondary N) is 1. The van der Waals surface area contributed by atoms with Crippen LogP contribution in [0.2, 0.25) is 0 Å². The van der Waals surface area contributed by atoms with Crippen molar-refractivity contribution in [1.29, 1.82) is 0 Å². The van der Waals surface area contributed by atoms with Crippen molar-refractivity contribution in [3.8, 4) is 0 Å². The van der Waals surface area contributed by atoms with Gasteiger partial charge in [-0.1, -0.05) is 6.07 Å². The van der Waals surface area contributed by atoms with Crippen molar-refractivity contribution in [2.24, 2.45) is 0 Å². The molecule has 3 N–H and O–H groups in total. The molecule has 2 aliphatic heterocycles. The van der Waals surface area contributed by atoms with Crippen LogP contribution in [0.3, 0.4) is 0 Å². The first-order chi connectivity index (χ1) is 9.43. The van der Waals surface area contributed by atoms with Crippen molar-refractivity contribution in [3.05, 3.63) is 29.3 Å². The molecule has 0 spiro atoms. The number of halogens is 1. The van der Waals surface area contributed by atoms with Gasteiger partial charge in [0.1, 0.15) is 0 Å². The molecule has 1 aromatic carbocycles. The summed E-state index contributed by atoms with van der Waals surface area (Å²) in [6.45, 7) is -0.0705. The number of nitrogen functional groups attached to an aromatic ring is 1. The first-order valence-corrected chi connectivity index (χ1v) is 6.16. The van der Waals surface area contributed by atoms with Crippen molar-refractivity contribution in [2.75, 3.05) is 5.73 Å². The maximum absolute atomic E-state index is 14.9. The van der Waals surface area contributed by atoms with Crippen LogP contribution in [0.15, 0.2) is 18.2 Å². The first-order valence-electron chi connectivity index (χ1n) is 6.16. The maximum atomic E-state index is 14.9. The minimum atomic E-state index is -2.50. The smallest absolute Gasteiger partial charge is 0.285 e. The van der Waals surface area contributed by atoms with Crippen LogP contribution in [0.25, 0.3) is 0 Å². The highest BCUT2D eigenvalue weighted by molar-refractivity contribution is 6.07. The van der Waals surface area contributed by atoms with Crippen molar-refractivity contribution in [3.63, 3.8) is 0 Å². The van der Waals surface area contributed by atoms with Gasteiger partial charge in [0.2, 0.25) is 5.91 Å². The largest absolute Gasteiger partial charge is 0.398 e. The number of imide groups is 1. The summed E-state index contributed by atoms with van der Waals surface area (Å²) in [7, 11) is 0. The van der Waals surface area contributed by atoms with Gasteiger partial charge in [0.15, 0.2) is 0 Å². The Kier molecular flexibility index (Phi) is 2.53. The van der Waals surface area contributed by atoms with E-state index >= 15 is 0 Å². The Morgan fingerprint density at radius 3 is 2.70 bits per heavy atom. The van der Waals surface area contributed by atoms with Gasteiger partial charge in [0, 0.05) is 29.7 Å². The van der Waals surface area contributed by atoms with E-state index in [2.05, 4.69) is 0 Å². The highest BCUT2D eigenvalue weighted by Gasteiger charge is 2.52. The van der Waals surface area contributed by atoms with E-state index in [1.54, 1.807) is 18.2 Å². The Morgan fingerprint density at radius 1 is 1.30 bits per heavy atom. The Labute approximate surface area is 113 Å². The number of piperidine rings is 1. The molecule has 6 nitrogen and oxygen atoms in total. The quantitative estimate of drug-likeness (QED) is 0.439. The van der Waals surface area contributed by atoms with Gasteiger partial charge in [0.05, 0.1) is 6.54 Å². The number of hydrogen-bond donors (Lipinski definition) is 2. The average molecular weight is 277 g/mol. The minimum absolute atomic E-state index is 0.0705. The molecule has 7 heteroatoms. The summed E-state index contributed by atoms with van der Waals surface area (Å²) in [4.78, 5) is 36.0. The lowest BCUT2D eigenvalue weighted by atomic mass is 10.0. The summed E-state index contributed by atoms with van der Waals surface area (Å²) in [5.41, 5.74) is 6.96. The van der Waals surface area contributed by atoms with E-state index in [1.165, 1.54) is 0 Å². The van der Waals surface area contributed by atoms with E-state index < -0.39 is 23.5 Å². The lowest BCUT2D eigenvalue weighted by Gasteiger charge is -2.35. The molecule has 1 saturated heterocycles. The van der Waals surface area contributed by atoms with Crippen LogP contribution in [-0.4, -0.2) is 28.4 Å². The zero-order valence-corrected chi connectivity index (χ0v) is 10.5. The molecule has 20 heavy (non-hydrogen) atoms. The third-order valence-corrected chi connectivity index (χ3v) is 3.72. The van der Waals surface area contributed by atoms with Crippen LogP contribution >= 0.6 is 0 Å². The molecule has 1 atom stereocenters. The zero-order valence-electron chi connectivity index (χ0n) is 10.5. The second-order valence-electron chi connectivity index (χ2n) is 4.90. The zero-order chi connectivity index (χ0) is 14.5. The van der Waals surface area contributed by atoms with Crippen molar-refractivity contribution in [1.82, 2.24) is 10.2 Å². The Bertz CT molecular complexity index is 646. The number of rotatable bonds is 1. The molecule has 3 amide bonds. The Hall–Kier alpha value is -2.44.